The fraction of sp³-hybridized carbons (Fsp3) is 0.588. The van der Waals surface area contributed by atoms with Gasteiger partial charge in [0.2, 0.25) is 0 Å². The van der Waals surface area contributed by atoms with E-state index in [1.165, 1.54) is 5.56 Å². The summed E-state index contributed by atoms with van der Waals surface area (Å²) in [5.41, 5.74) is 8.27. The summed E-state index contributed by atoms with van der Waals surface area (Å²) >= 11 is 0. The molecule has 1 unspecified atom stereocenters. The van der Waals surface area contributed by atoms with Crippen LogP contribution in [0.3, 0.4) is 0 Å². The zero-order chi connectivity index (χ0) is 15.8. The molecule has 0 aliphatic heterocycles. The molecule has 1 amide bonds. The lowest BCUT2D eigenvalue weighted by Gasteiger charge is -2.15. The minimum absolute atomic E-state index is 0.0458. The van der Waals surface area contributed by atoms with Gasteiger partial charge in [-0.25, -0.2) is 0 Å². The number of ether oxygens (including phenoxy) is 1. The monoisotopic (exact) mass is 292 g/mol. The third-order valence-corrected chi connectivity index (χ3v) is 3.29. The van der Waals surface area contributed by atoms with E-state index in [0.717, 1.165) is 24.2 Å². The molecule has 4 nitrogen and oxygen atoms in total. The lowest BCUT2D eigenvalue weighted by Crippen LogP contribution is -2.32. The van der Waals surface area contributed by atoms with Gasteiger partial charge >= 0.3 is 0 Å². The van der Waals surface area contributed by atoms with Crippen LogP contribution in [0.15, 0.2) is 18.2 Å². The first-order chi connectivity index (χ1) is 9.92. The second-order valence-electron chi connectivity index (χ2n) is 5.97. The van der Waals surface area contributed by atoms with E-state index in [9.17, 15) is 4.79 Å². The van der Waals surface area contributed by atoms with Crippen LogP contribution in [0.4, 0.5) is 0 Å². The Morgan fingerprint density at radius 2 is 2.10 bits per heavy atom. The number of nitrogens with two attached hydrogens (primary N) is 1. The average molecular weight is 292 g/mol. The largest absolute Gasteiger partial charge is 0.483 e. The van der Waals surface area contributed by atoms with Gasteiger partial charge in [-0.3, -0.25) is 4.79 Å². The summed E-state index contributed by atoms with van der Waals surface area (Å²) in [4.78, 5) is 11.7. The molecular weight excluding hydrogens is 264 g/mol. The number of carbonyl (C=O) groups excluding carboxylic acids is 1. The normalized spacial score (nSPS) is 12.3. The fourth-order valence-corrected chi connectivity index (χ4v) is 1.95. The Balaban J connectivity index is 2.63. The zero-order valence-corrected chi connectivity index (χ0v) is 13.6. The maximum Gasteiger partial charge on any atom is 0.257 e. The quantitative estimate of drug-likeness (QED) is 0.773. The molecule has 0 saturated carbocycles. The van der Waals surface area contributed by atoms with E-state index >= 15 is 0 Å². The van der Waals surface area contributed by atoms with Gasteiger partial charge in [-0.05, 0) is 37.3 Å². The summed E-state index contributed by atoms with van der Waals surface area (Å²) in [6.45, 7) is 8.95. The van der Waals surface area contributed by atoms with Gasteiger partial charge in [-0.1, -0.05) is 38.5 Å². The third-order valence-electron chi connectivity index (χ3n) is 3.29. The number of hydrogen-bond acceptors (Lipinski definition) is 3. The molecule has 1 aromatic carbocycles. The van der Waals surface area contributed by atoms with Crippen molar-refractivity contribution in [1.29, 1.82) is 0 Å². The zero-order valence-electron chi connectivity index (χ0n) is 13.6. The minimum Gasteiger partial charge on any atom is -0.483 e. The molecule has 0 aromatic heterocycles. The average Bonchev–Trinajstić information content (AvgIpc) is 2.44. The summed E-state index contributed by atoms with van der Waals surface area (Å²) in [6, 6.07) is 6.10. The van der Waals surface area contributed by atoms with Crippen LogP contribution in [-0.2, 0) is 11.2 Å². The Kier molecular flexibility index (Phi) is 7.23. The van der Waals surface area contributed by atoms with Crippen molar-refractivity contribution in [1.82, 2.24) is 5.32 Å². The maximum absolute atomic E-state index is 11.7. The summed E-state index contributed by atoms with van der Waals surface area (Å²) in [5, 5.41) is 2.85. The number of nitrogens with one attached hydrogen (secondary N) is 1. The van der Waals surface area contributed by atoms with Crippen LogP contribution < -0.4 is 15.8 Å². The Hall–Kier alpha value is -1.55. The molecule has 0 spiro atoms. The van der Waals surface area contributed by atoms with Crippen molar-refractivity contribution >= 4 is 5.91 Å². The molecule has 21 heavy (non-hydrogen) atoms. The molecule has 0 radical (unpaired) electrons. The molecule has 1 rings (SSSR count). The number of aryl methyl sites for hydroxylation is 1. The van der Waals surface area contributed by atoms with Crippen LogP contribution in [0.5, 0.6) is 5.75 Å². The van der Waals surface area contributed by atoms with E-state index < -0.39 is 0 Å². The summed E-state index contributed by atoms with van der Waals surface area (Å²) in [5.74, 6) is 1.10. The first-order valence-corrected chi connectivity index (χ1v) is 7.67. The van der Waals surface area contributed by atoms with Crippen molar-refractivity contribution in [3.05, 3.63) is 29.3 Å². The van der Waals surface area contributed by atoms with Gasteiger partial charge < -0.3 is 15.8 Å². The van der Waals surface area contributed by atoms with Gasteiger partial charge in [0.25, 0.3) is 5.91 Å². The topological polar surface area (TPSA) is 64.3 Å². The highest BCUT2D eigenvalue weighted by molar-refractivity contribution is 5.77. The van der Waals surface area contributed by atoms with Gasteiger partial charge in [-0.15, -0.1) is 0 Å². The minimum atomic E-state index is -0.0879. The Bertz CT molecular complexity index is 458. The Morgan fingerprint density at radius 3 is 2.71 bits per heavy atom. The molecule has 0 heterocycles. The highest BCUT2D eigenvalue weighted by Crippen LogP contribution is 2.21. The van der Waals surface area contributed by atoms with E-state index in [-0.39, 0.29) is 18.6 Å². The first kappa shape index (κ1) is 17.5. The number of hydrogen-bond donors (Lipinski definition) is 2. The number of rotatable bonds is 8. The van der Waals surface area contributed by atoms with Crippen molar-refractivity contribution in [3.8, 4) is 5.75 Å². The van der Waals surface area contributed by atoms with Crippen LogP contribution in [0.2, 0.25) is 0 Å². The molecule has 118 valence electrons. The van der Waals surface area contributed by atoms with Crippen LogP contribution in [0, 0.1) is 12.8 Å². The lowest BCUT2D eigenvalue weighted by molar-refractivity contribution is -0.123. The second-order valence-corrected chi connectivity index (χ2v) is 5.97. The van der Waals surface area contributed by atoms with Crippen LogP contribution in [0.1, 0.15) is 38.3 Å². The van der Waals surface area contributed by atoms with E-state index in [2.05, 4.69) is 32.2 Å². The second kappa shape index (κ2) is 8.67. The van der Waals surface area contributed by atoms with Crippen LogP contribution >= 0.6 is 0 Å². The van der Waals surface area contributed by atoms with Gasteiger partial charge in [-0.2, -0.15) is 0 Å². The molecule has 0 fully saturated rings. The third kappa shape index (κ3) is 6.63. The lowest BCUT2D eigenvalue weighted by atomic mass is 10.0. The predicted octanol–water partition coefficient (Wildman–Crippen LogP) is 2.43. The maximum atomic E-state index is 11.7. The van der Waals surface area contributed by atoms with Crippen molar-refractivity contribution in [2.75, 3.05) is 13.2 Å². The molecule has 1 atom stereocenters. The SMILES string of the molecule is CCC(N)Cc1cc(C)ccc1OCC(=O)NCC(C)C. The Labute approximate surface area is 128 Å². The van der Waals surface area contributed by atoms with Crippen molar-refractivity contribution in [3.63, 3.8) is 0 Å². The first-order valence-electron chi connectivity index (χ1n) is 7.67. The van der Waals surface area contributed by atoms with E-state index in [4.69, 9.17) is 10.5 Å². The van der Waals surface area contributed by atoms with Crippen LogP contribution in [-0.4, -0.2) is 25.1 Å². The summed E-state index contributed by atoms with van der Waals surface area (Å²) < 4.78 is 5.66. The molecule has 0 saturated heterocycles. The molecule has 0 aliphatic carbocycles. The van der Waals surface area contributed by atoms with E-state index in [1.54, 1.807) is 0 Å². The number of benzene rings is 1. The number of carbonyl (C=O) groups is 1. The molecule has 1 aromatic rings. The van der Waals surface area contributed by atoms with E-state index in [0.29, 0.717) is 12.5 Å². The van der Waals surface area contributed by atoms with Gasteiger partial charge in [0, 0.05) is 12.6 Å². The smallest absolute Gasteiger partial charge is 0.257 e. The van der Waals surface area contributed by atoms with Crippen molar-refractivity contribution < 1.29 is 9.53 Å². The standard InChI is InChI=1S/C17H28N2O2/c1-5-15(18)9-14-8-13(4)6-7-16(14)21-11-17(20)19-10-12(2)3/h6-8,12,15H,5,9-11,18H2,1-4H3,(H,19,20). The van der Waals surface area contributed by atoms with E-state index in [1.807, 2.05) is 19.1 Å². The Morgan fingerprint density at radius 1 is 1.38 bits per heavy atom. The molecular formula is C17H28N2O2. The van der Waals surface area contributed by atoms with Gasteiger partial charge in [0.05, 0.1) is 0 Å². The molecule has 0 bridgehead atoms. The molecule has 3 N–H and O–H groups in total. The van der Waals surface area contributed by atoms with Gasteiger partial charge in [0.1, 0.15) is 5.75 Å². The van der Waals surface area contributed by atoms with Crippen molar-refractivity contribution in [2.45, 2.75) is 46.6 Å². The van der Waals surface area contributed by atoms with Crippen LogP contribution in [0.25, 0.3) is 0 Å². The predicted molar refractivity (Wildman–Crippen MR) is 86.5 cm³/mol. The van der Waals surface area contributed by atoms with Gasteiger partial charge in [0.15, 0.2) is 6.61 Å². The summed E-state index contributed by atoms with van der Waals surface area (Å²) in [7, 11) is 0. The fourth-order valence-electron chi connectivity index (χ4n) is 1.95. The highest BCUT2D eigenvalue weighted by atomic mass is 16.5. The summed E-state index contributed by atoms with van der Waals surface area (Å²) in [6.07, 6.45) is 1.68. The highest BCUT2D eigenvalue weighted by Gasteiger charge is 2.10. The molecule has 0 aliphatic rings. The van der Waals surface area contributed by atoms with Crippen molar-refractivity contribution in [2.24, 2.45) is 11.7 Å². The number of amides is 1. The molecule has 4 heteroatoms.